The number of halogens is 1. The smallest absolute Gasteiger partial charge is 0.254 e. The Bertz CT molecular complexity index is 587. The predicted molar refractivity (Wildman–Crippen MR) is 63.5 cm³/mol. The van der Waals surface area contributed by atoms with Crippen molar-refractivity contribution in [3.05, 3.63) is 63.1 Å². The van der Waals surface area contributed by atoms with E-state index in [0.717, 1.165) is 11.3 Å². The molecule has 1 aromatic carbocycles. The Labute approximate surface area is 98.3 Å². The number of aromatic nitrogens is 2. The van der Waals surface area contributed by atoms with Crippen molar-refractivity contribution in [2.24, 2.45) is 0 Å². The maximum atomic E-state index is 12.8. The standard InChI is InChI=1S/C13H13FN2O/c1-8-12(13(17)16-9(2)15-8)7-10-3-5-11(14)6-4-10/h3-6H,7H2,1-2H3,(H,15,16,17). The first-order chi connectivity index (χ1) is 8.06. The number of hydrogen-bond donors (Lipinski definition) is 1. The van der Waals surface area contributed by atoms with Crippen molar-refractivity contribution in [1.82, 2.24) is 9.97 Å². The van der Waals surface area contributed by atoms with E-state index in [2.05, 4.69) is 9.97 Å². The van der Waals surface area contributed by atoms with Crippen LogP contribution in [0.5, 0.6) is 0 Å². The zero-order valence-electron chi connectivity index (χ0n) is 9.75. The van der Waals surface area contributed by atoms with Gasteiger partial charge in [-0.1, -0.05) is 12.1 Å². The largest absolute Gasteiger partial charge is 0.311 e. The van der Waals surface area contributed by atoms with Crippen LogP contribution >= 0.6 is 0 Å². The van der Waals surface area contributed by atoms with Crippen molar-refractivity contribution in [1.29, 1.82) is 0 Å². The lowest BCUT2D eigenvalue weighted by Gasteiger charge is -2.05. The monoisotopic (exact) mass is 232 g/mol. The molecule has 0 radical (unpaired) electrons. The van der Waals surface area contributed by atoms with E-state index in [4.69, 9.17) is 0 Å². The summed E-state index contributed by atoms with van der Waals surface area (Å²) in [7, 11) is 0. The first-order valence-corrected chi connectivity index (χ1v) is 5.37. The van der Waals surface area contributed by atoms with Crippen LogP contribution in [-0.2, 0) is 6.42 Å². The molecule has 1 aromatic heterocycles. The molecule has 3 nitrogen and oxygen atoms in total. The van der Waals surface area contributed by atoms with Crippen LogP contribution < -0.4 is 5.56 Å². The van der Waals surface area contributed by atoms with Gasteiger partial charge in [0.25, 0.3) is 5.56 Å². The number of aryl methyl sites for hydroxylation is 2. The van der Waals surface area contributed by atoms with E-state index in [-0.39, 0.29) is 11.4 Å². The van der Waals surface area contributed by atoms with Gasteiger partial charge in [0.15, 0.2) is 0 Å². The summed E-state index contributed by atoms with van der Waals surface area (Å²) < 4.78 is 12.8. The molecular weight excluding hydrogens is 219 g/mol. The van der Waals surface area contributed by atoms with Gasteiger partial charge in [0.2, 0.25) is 0 Å². The zero-order chi connectivity index (χ0) is 12.4. The lowest BCUT2D eigenvalue weighted by molar-refractivity contribution is 0.627. The second-order valence-electron chi connectivity index (χ2n) is 4.02. The highest BCUT2D eigenvalue weighted by Crippen LogP contribution is 2.09. The quantitative estimate of drug-likeness (QED) is 0.862. The Kier molecular flexibility index (Phi) is 3.04. The van der Waals surface area contributed by atoms with E-state index in [0.29, 0.717) is 17.8 Å². The molecule has 1 N–H and O–H groups in total. The number of rotatable bonds is 2. The highest BCUT2D eigenvalue weighted by Gasteiger charge is 2.07. The van der Waals surface area contributed by atoms with Gasteiger partial charge in [-0.05, 0) is 31.5 Å². The number of hydrogen-bond acceptors (Lipinski definition) is 2. The molecule has 0 atom stereocenters. The fraction of sp³-hybridized carbons (Fsp3) is 0.231. The lowest BCUT2D eigenvalue weighted by atomic mass is 10.1. The van der Waals surface area contributed by atoms with Gasteiger partial charge >= 0.3 is 0 Å². The van der Waals surface area contributed by atoms with Gasteiger partial charge in [-0.15, -0.1) is 0 Å². The molecule has 1 heterocycles. The molecule has 88 valence electrons. The molecule has 0 aliphatic carbocycles. The molecule has 2 aromatic rings. The average molecular weight is 232 g/mol. The first kappa shape index (κ1) is 11.5. The summed E-state index contributed by atoms with van der Waals surface area (Å²) >= 11 is 0. The van der Waals surface area contributed by atoms with Crippen molar-refractivity contribution >= 4 is 0 Å². The van der Waals surface area contributed by atoms with Gasteiger partial charge in [-0.2, -0.15) is 0 Å². The van der Waals surface area contributed by atoms with Gasteiger partial charge in [-0.25, -0.2) is 9.37 Å². The molecule has 0 saturated heterocycles. The van der Waals surface area contributed by atoms with E-state index in [1.165, 1.54) is 12.1 Å². The third-order valence-electron chi connectivity index (χ3n) is 2.63. The summed E-state index contributed by atoms with van der Waals surface area (Å²) in [6.45, 7) is 3.55. The number of H-pyrrole nitrogens is 1. The Balaban J connectivity index is 2.36. The topological polar surface area (TPSA) is 45.8 Å². The second kappa shape index (κ2) is 4.49. The average Bonchev–Trinajstić information content (AvgIpc) is 2.26. The van der Waals surface area contributed by atoms with E-state index in [1.54, 1.807) is 26.0 Å². The Hall–Kier alpha value is -1.97. The molecule has 0 aliphatic rings. The summed E-state index contributed by atoms with van der Waals surface area (Å²) in [6, 6.07) is 6.13. The Morgan fingerprint density at radius 1 is 1.24 bits per heavy atom. The highest BCUT2D eigenvalue weighted by molar-refractivity contribution is 5.27. The van der Waals surface area contributed by atoms with Crippen molar-refractivity contribution in [3.8, 4) is 0 Å². The summed E-state index contributed by atoms with van der Waals surface area (Å²) in [6.07, 6.45) is 0.467. The summed E-state index contributed by atoms with van der Waals surface area (Å²) in [5.74, 6) is 0.330. The number of benzene rings is 1. The normalized spacial score (nSPS) is 10.5. The minimum absolute atomic E-state index is 0.126. The maximum Gasteiger partial charge on any atom is 0.254 e. The number of nitrogens with one attached hydrogen (secondary N) is 1. The maximum absolute atomic E-state index is 12.8. The minimum Gasteiger partial charge on any atom is -0.311 e. The van der Waals surface area contributed by atoms with Crippen LogP contribution in [0.2, 0.25) is 0 Å². The van der Waals surface area contributed by atoms with E-state index >= 15 is 0 Å². The molecule has 0 amide bonds. The van der Waals surface area contributed by atoms with E-state index in [1.807, 2.05) is 0 Å². The summed E-state index contributed by atoms with van der Waals surface area (Å²) in [5, 5.41) is 0. The molecule has 0 unspecified atom stereocenters. The van der Waals surface area contributed by atoms with Crippen LogP contribution in [0.15, 0.2) is 29.1 Å². The van der Waals surface area contributed by atoms with Gasteiger partial charge in [0.05, 0.1) is 0 Å². The molecule has 2 rings (SSSR count). The summed E-state index contributed by atoms with van der Waals surface area (Å²) in [5.41, 5.74) is 2.11. The summed E-state index contributed by atoms with van der Waals surface area (Å²) in [4.78, 5) is 18.7. The molecule has 0 aliphatic heterocycles. The minimum atomic E-state index is -0.276. The van der Waals surface area contributed by atoms with Crippen molar-refractivity contribution in [3.63, 3.8) is 0 Å². The number of nitrogens with zero attached hydrogens (tertiary/aromatic N) is 1. The van der Waals surface area contributed by atoms with Gasteiger partial charge in [-0.3, -0.25) is 4.79 Å². The first-order valence-electron chi connectivity index (χ1n) is 5.37. The van der Waals surface area contributed by atoms with E-state index < -0.39 is 0 Å². The molecule has 0 fully saturated rings. The number of aromatic amines is 1. The Morgan fingerprint density at radius 2 is 1.88 bits per heavy atom. The molecule has 0 spiro atoms. The van der Waals surface area contributed by atoms with Crippen LogP contribution in [-0.4, -0.2) is 9.97 Å². The third-order valence-corrected chi connectivity index (χ3v) is 2.63. The second-order valence-corrected chi connectivity index (χ2v) is 4.02. The van der Waals surface area contributed by atoms with Crippen molar-refractivity contribution in [2.75, 3.05) is 0 Å². The lowest BCUT2D eigenvalue weighted by Crippen LogP contribution is -2.18. The molecule has 17 heavy (non-hydrogen) atoms. The molecule has 0 bridgehead atoms. The molecule has 4 heteroatoms. The van der Waals surface area contributed by atoms with Crippen LogP contribution in [0.1, 0.15) is 22.6 Å². The third kappa shape index (κ3) is 2.58. The Morgan fingerprint density at radius 3 is 2.47 bits per heavy atom. The van der Waals surface area contributed by atoms with Crippen LogP contribution in [0, 0.1) is 19.7 Å². The highest BCUT2D eigenvalue weighted by atomic mass is 19.1. The predicted octanol–water partition coefficient (Wildman–Crippen LogP) is 2.12. The fourth-order valence-electron chi connectivity index (χ4n) is 1.77. The van der Waals surface area contributed by atoms with Crippen LogP contribution in [0.3, 0.4) is 0 Å². The van der Waals surface area contributed by atoms with Crippen LogP contribution in [0.4, 0.5) is 4.39 Å². The van der Waals surface area contributed by atoms with Crippen molar-refractivity contribution < 1.29 is 4.39 Å². The van der Waals surface area contributed by atoms with Crippen molar-refractivity contribution in [2.45, 2.75) is 20.3 Å². The van der Waals surface area contributed by atoms with Gasteiger partial charge in [0, 0.05) is 17.7 Å². The van der Waals surface area contributed by atoms with Crippen LogP contribution in [0.25, 0.3) is 0 Å². The van der Waals surface area contributed by atoms with E-state index in [9.17, 15) is 9.18 Å². The zero-order valence-corrected chi connectivity index (χ0v) is 9.75. The molecular formula is C13H13FN2O. The van der Waals surface area contributed by atoms with Gasteiger partial charge < -0.3 is 4.98 Å². The SMILES string of the molecule is Cc1nc(C)c(Cc2ccc(F)cc2)c(=O)[nH]1. The fourth-order valence-corrected chi connectivity index (χ4v) is 1.77. The van der Waals surface area contributed by atoms with Gasteiger partial charge in [0.1, 0.15) is 11.6 Å². The molecule has 0 saturated carbocycles.